The van der Waals surface area contributed by atoms with E-state index in [1.165, 1.54) is 144 Å². The lowest BCUT2D eigenvalue weighted by Gasteiger charge is -2.16. The molecule has 4 unspecified atom stereocenters. The monoisotopic (exact) mass is 727 g/mol. The Labute approximate surface area is 329 Å². The molecule has 0 bridgehead atoms. The molecule has 0 saturated heterocycles. The molecule has 54 heavy (non-hydrogen) atoms. The van der Waals surface area contributed by atoms with Gasteiger partial charge in [0.25, 0.3) is 0 Å². The summed E-state index contributed by atoms with van der Waals surface area (Å²) in [6.07, 6.45) is 23.7. The van der Waals surface area contributed by atoms with Gasteiger partial charge in [-0.05, 0) is 105 Å². The molecule has 0 spiro atoms. The molecule has 0 radical (unpaired) electrons. The minimum Gasteiger partial charge on any atom is -0.347 e. The van der Waals surface area contributed by atoms with Crippen LogP contribution in [0.4, 0.5) is 0 Å². The van der Waals surface area contributed by atoms with Crippen molar-refractivity contribution in [2.24, 2.45) is 35.5 Å². The van der Waals surface area contributed by atoms with Gasteiger partial charge in [0.15, 0.2) is 0 Å². The second-order valence-corrected chi connectivity index (χ2v) is 18.9. The lowest BCUT2D eigenvalue weighted by Crippen LogP contribution is -2.04. The van der Waals surface area contributed by atoms with Crippen LogP contribution >= 0.6 is 0 Å². The van der Waals surface area contributed by atoms with Crippen molar-refractivity contribution in [3.8, 4) is 0 Å². The van der Waals surface area contributed by atoms with Crippen molar-refractivity contribution in [1.29, 1.82) is 0 Å². The molecule has 0 aliphatic carbocycles. The number of rotatable bonds is 22. The van der Waals surface area contributed by atoms with E-state index in [0.29, 0.717) is 0 Å². The van der Waals surface area contributed by atoms with Gasteiger partial charge in [0.1, 0.15) is 0 Å². The molecule has 0 saturated carbocycles. The first-order chi connectivity index (χ1) is 26.1. The number of hydrogen-bond donors (Lipinski definition) is 0. The summed E-state index contributed by atoms with van der Waals surface area (Å²) in [7, 11) is 0. The number of fused-ring (bicyclic) bond motifs is 9. The molecule has 6 aromatic rings. The molecule has 0 aliphatic rings. The number of aryl methyl sites for hydroxylation is 2. The van der Waals surface area contributed by atoms with Gasteiger partial charge in [-0.1, -0.05) is 169 Å². The highest BCUT2D eigenvalue weighted by Crippen LogP contribution is 2.38. The Morgan fingerprint density at radius 3 is 0.926 bits per heavy atom. The minimum absolute atomic E-state index is 0.767. The van der Waals surface area contributed by atoms with Gasteiger partial charge in [-0.3, -0.25) is 0 Å². The third kappa shape index (κ3) is 10.1. The van der Waals surface area contributed by atoms with Gasteiger partial charge in [-0.25, -0.2) is 0 Å². The van der Waals surface area contributed by atoms with Crippen molar-refractivity contribution in [1.82, 2.24) is 9.13 Å². The maximum atomic E-state index is 2.50. The smallest absolute Gasteiger partial charge is 0.0486 e. The molecule has 4 aromatic carbocycles. The summed E-state index contributed by atoms with van der Waals surface area (Å²) in [6.45, 7) is 21.4. The number of nitrogens with zero attached hydrogens (tertiary/aromatic N) is 2. The molecule has 292 valence electrons. The quantitative estimate of drug-likeness (QED) is 0.0617. The Morgan fingerprint density at radius 2 is 0.593 bits per heavy atom. The largest absolute Gasteiger partial charge is 0.347 e. The van der Waals surface area contributed by atoms with E-state index in [1.807, 2.05) is 0 Å². The standard InChI is InChI=1S/C52H74N2/c1-37(2)13-9-15-39(5)17-11-19-41(7)29-33-53-35-31-49-47-23-21-44-43(45(47)25-27-51(49)53)22-24-48-46(44)26-28-52-50(48)32-36-54(52)34-30-42(8)20-12-18-40(6)16-10-14-38(3)4/h21-28,31-32,35-42H,9-20,29-30,33-34H2,1-8H3. The van der Waals surface area contributed by atoms with Crippen LogP contribution in [-0.2, 0) is 13.1 Å². The van der Waals surface area contributed by atoms with Crippen LogP contribution in [0, 0.1) is 35.5 Å². The fourth-order valence-electron chi connectivity index (χ4n) is 9.47. The fourth-order valence-corrected chi connectivity index (χ4v) is 9.47. The van der Waals surface area contributed by atoms with Crippen LogP contribution in [0.1, 0.15) is 145 Å². The second kappa shape index (κ2) is 19.1. The van der Waals surface area contributed by atoms with Crippen molar-refractivity contribution in [2.45, 2.75) is 158 Å². The molecular weight excluding hydrogens is 653 g/mol. The van der Waals surface area contributed by atoms with E-state index in [2.05, 4.69) is 138 Å². The van der Waals surface area contributed by atoms with Crippen LogP contribution in [0.2, 0.25) is 0 Å². The van der Waals surface area contributed by atoms with E-state index in [1.54, 1.807) is 0 Å². The lowest BCUT2D eigenvalue weighted by atomic mass is 9.92. The fraction of sp³-hybridized carbons (Fsp3) is 0.577. The van der Waals surface area contributed by atoms with Crippen LogP contribution < -0.4 is 0 Å². The summed E-state index contributed by atoms with van der Waals surface area (Å²) in [6, 6.07) is 23.8. The Kier molecular flexibility index (Phi) is 14.3. The molecule has 4 atom stereocenters. The maximum absolute atomic E-state index is 2.50. The number of benzene rings is 4. The van der Waals surface area contributed by atoms with Crippen LogP contribution in [-0.4, -0.2) is 9.13 Å². The molecule has 0 amide bonds. The van der Waals surface area contributed by atoms with Crippen molar-refractivity contribution in [3.63, 3.8) is 0 Å². The van der Waals surface area contributed by atoms with E-state index in [9.17, 15) is 0 Å². The van der Waals surface area contributed by atoms with Gasteiger partial charge in [0, 0.05) is 47.3 Å². The SMILES string of the molecule is CC(C)CCCC(C)CCCC(C)CCn1ccc2c3ccc4c(ccc5c4ccc4c5ccn4CCC(C)CCCC(C)CCCC(C)C)c3ccc21. The van der Waals surface area contributed by atoms with E-state index in [4.69, 9.17) is 0 Å². The van der Waals surface area contributed by atoms with E-state index < -0.39 is 0 Å². The Bertz CT molecular complexity index is 1920. The summed E-state index contributed by atoms with van der Waals surface area (Å²) in [5.41, 5.74) is 2.75. The van der Waals surface area contributed by atoms with E-state index >= 15 is 0 Å². The highest BCUT2D eigenvalue weighted by Gasteiger charge is 2.14. The normalized spacial score (nSPS) is 14.8. The highest BCUT2D eigenvalue weighted by molar-refractivity contribution is 6.24. The molecular formula is C52H74N2. The van der Waals surface area contributed by atoms with Crippen molar-refractivity contribution >= 4 is 54.1 Å². The lowest BCUT2D eigenvalue weighted by molar-refractivity contribution is 0.384. The highest BCUT2D eigenvalue weighted by atomic mass is 15.0. The van der Waals surface area contributed by atoms with Gasteiger partial charge in [0.05, 0.1) is 0 Å². The molecule has 0 N–H and O–H groups in total. The van der Waals surface area contributed by atoms with Crippen molar-refractivity contribution in [2.75, 3.05) is 0 Å². The Morgan fingerprint density at radius 1 is 0.315 bits per heavy atom. The summed E-state index contributed by atoms with van der Waals surface area (Å²) in [5, 5.41) is 11.0. The number of aromatic nitrogens is 2. The van der Waals surface area contributed by atoms with Crippen molar-refractivity contribution < 1.29 is 0 Å². The van der Waals surface area contributed by atoms with Crippen LogP contribution in [0.3, 0.4) is 0 Å². The average Bonchev–Trinajstić information content (AvgIpc) is 3.76. The molecule has 2 aromatic heterocycles. The zero-order valence-electron chi connectivity index (χ0n) is 35.6. The van der Waals surface area contributed by atoms with Gasteiger partial charge < -0.3 is 9.13 Å². The molecule has 2 nitrogen and oxygen atoms in total. The topological polar surface area (TPSA) is 9.86 Å². The molecule has 0 fully saturated rings. The van der Waals surface area contributed by atoms with Crippen LogP contribution in [0.5, 0.6) is 0 Å². The van der Waals surface area contributed by atoms with E-state index in [0.717, 1.165) is 48.6 Å². The van der Waals surface area contributed by atoms with Gasteiger partial charge >= 0.3 is 0 Å². The van der Waals surface area contributed by atoms with Gasteiger partial charge in [-0.2, -0.15) is 0 Å². The van der Waals surface area contributed by atoms with Gasteiger partial charge in [0.2, 0.25) is 0 Å². The summed E-state index contributed by atoms with van der Waals surface area (Å²) in [5.74, 6) is 4.96. The van der Waals surface area contributed by atoms with Gasteiger partial charge in [-0.15, -0.1) is 0 Å². The predicted molar refractivity (Wildman–Crippen MR) is 241 cm³/mol. The zero-order chi connectivity index (χ0) is 38.2. The van der Waals surface area contributed by atoms with Crippen LogP contribution in [0.15, 0.2) is 73.1 Å². The maximum Gasteiger partial charge on any atom is 0.0486 e. The first-order valence-electron chi connectivity index (χ1n) is 22.4. The summed E-state index contributed by atoms with van der Waals surface area (Å²) in [4.78, 5) is 0. The first-order valence-corrected chi connectivity index (χ1v) is 22.4. The molecule has 2 heteroatoms. The Hall–Kier alpha value is -3.26. The average molecular weight is 727 g/mol. The molecule has 6 rings (SSSR count). The first kappa shape index (κ1) is 40.4. The van der Waals surface area contributed by atoms with Crippen molar-refractivity contribution in [3.05, 3.63) is 73.1 Å². The third-order valence-electron chi connectivity index (χ3n) is 13.2. The predicted octanol–water partition coefficient (Wildman–Crippen LogP) is 16.4. The third-order valence-corrected chi connectivity index (χ3v) is 13.2. The van der Waals surface area contributed by atoms with Crippen LogP contribution in [0.25, 0.3) is 54.1 Å². The number of hydrogen-bond acceptors (Lipinski definition) is 0. The molecule has 0 aliphatic heterocycles. The minimum atomic E-state index is 0.767. The summed E-state index contributed by atoms with van der Waals surface area (Å²) >= 11 is 0. The zero-order valence-corrected chi connectivity index (χ0v) is 35.6. The second-order valence-electron chi connectivity index (χ2n) is 18.9. The van der Waals surface area contributed by atoms with E-state index in [-0.39, 0.29) is 0 Å². The summed E-state index contributed by atoms with van der Waals surface area (Å²) < 4.78 is 5.01. The molecule has 2 heterocycles. The Balaban J connectivity index is 1.07.